The fraction of sp³-hybridized carbons (Fsp3) is 0.467. The van der Waals surface area contributed by atoms with Crippen LogP contribution >= 0.6 is 11.6 Å². The Bertz CT molecular complexity index is 584. The predicted octanol–water partition coefficient (Wildman–Crippen LogP) is 3.76. The summed E-state index contributed by atoms with van der Waals surface area (Å²) in [5.74, 6) is 1.43. The summed E-state index contributed by atoms with van der Waals surface area (Å²) in [6.07, 6.45) is 3.46. The molecule has 0 unspecified atom stereocenters. The van der Waals surface area contributed by atoms with Crippen molar-refractivity contribution in [2.24, 2.45) is 0 Å². The molecule has 1 aliphatic rings. The molecule has 5 heteroatoms. The van der Waals surface area contributed by atoms with Gasteiger partial charge in [0, 0.05) is 11.6 Å². The van der Waals surface area contributed by atoms with Gasteiger partial charge < -0.3 is 4.52 Å². The fourth-order valence-corrected chi connectivity index (χ4v) is 2.95. The minimum Gasteiger partial charge on any atom is -0.338 e. The van der Waals surface area contributed by atoms with Crippen LogP contribution in [-0.2, 0) is 6.54 Å². The van der Waals surface area contributed by atoms with E-state index in [0.29, 0.717) is 5.82 Å². The second kappa shape index (κ2) is 5.94. The summed E-state index contributed by atoms with van der Waals surface area (Å²) in [5.41, 5.74) is 1.15. The fourth-order valence-electron chi connectivity index (χ4n) is 2.75. The summed E-state index contributed by atoms with van der Waals surface area (Å²) < 4.78 is 5.37. The molecule has 1 saturated heterocycles. The third-order valence-corrected chi connectivity index (χ3v) is 4.14. The highest BCUT2D eigenvalue weighted by molar-refractivity contribution is 6.31. The molecular formula is C15H18ClN3O. The van der Waals surface area contributed by atoms with E-state index in [2.05, 4.69) is 21.1 Å². The first-order valence-corrected chi connectivity index (χ1v) is 7.39. The van der Waals surface area contributed by atoms with E-state index < -0.39 is 0 Å². The summed E-state index contributed by atoms with van der Waals surface area (Å²) in [4.78, 5) is 6.78. The first-order valence-electron chi connectivity index (χ1n) is 7.01. The highest BCUT2D eigenvalue weighted by Crippen LogP contribution is 2.32. The van der Waals surface area contributed by atoms with Crippen LogP contribution in [0.1, 0.15) is 42.6 Å². The van der Waals surface area contributed by atoms with Gasteiger partial charge in [0.05, 0.1) is 6.04 Å². The SMILES string of the molecule is Cc1noc([C@H]2CCCCN2Cc2ccccc2Cl)n1. The first-order chi connectivity index (χ1) is 9.74. The van der Waals surface area contributed by atoms with Crippen molar-refractivity contribution in [3.63, 3.8) is 0 Å². The van der Waals surface area contributed by atoms with Crippen LogP contribution in [0.2, 0.25) is 5.02 Å². The van der Waals surface area contributed by atoms with Gasteiger partial charge in [-0.2, -0.15) is 4.98 Å². The number of likely N-dealkylation sites (tertiary alicyclic amines) is 1. The number of rotatable bonds is 3. The van der Waals surface area contributed by atoms with Crippen molar-refractivity contribution in [3.8, 4) is 0 Å². The Morgan fingerprint density at radius 2 is 2.20 bits per heavy atom. The van der Waals surface area contributed by atoms with Crippen LogP contribution < -0.4 is 0 Å². The van der Waals surface area contributed by atoms with Crippen molar-refractivity contribution >= 4 is 11.6 Å². The summed E-state index contributed by atoms with van der Waals surface area (Å²) in [6, 6.07) is 8.21. The van der Waals surface area contributed by atoms with E-state index in [0.717, 1.165) is 36.0 Å². The minimum absolute atomic E-state index is 0.209. The molecule has 0 aliphatic carbocycles. The van der Waals surface area contributed by atoms with Crippen LogP contribution in [0.3, 0.4) is 0 Å². The Labute approximate surface area is 123 Å². The zero-order chi connectivity index (χ0) is 13.9. The Hall–Kier alpha value is -1.39. The molecule has 1 aliphatic heterocycles. The molecule has 0 amide bonds. The van der Waals surface area contributed by atoms with E-state index in [-0.39, 0.29) is 6.04 Å². The van der Waals surface area contributed by atoms with Crippen molar-refractivity contribution in [3.05, 3.63) is 46.6 Å². The Balaban J connectivity index is 1.81. The molecule has 1 atom stereocenters. The average Bonchev–Trinajstić information content (AvgIpc) is 2.88. The van der Waals surface area contributed by atoms with E-state index in [1.165, 1.54) is 12.8 Å². The van der Waals surface area contributed by atoms with Crippen molar-refractivity contribution in [1.82, 2.24) is 15.0 Å². The van der Waals surface area contributed by atoms with Crippen LogP contribution in [0.25, 0.3) is 0 Å². The van der Waals surface area contributed by atoms with Crippen molar-refractivity contribution in [2.75, 3.05) is 6.54 Å². The molecule has 0 bridgehead atoms. The van der Waals surface area contributed by atoms with E-state index in [4.69, 9.17) is 16.1 Å². The molecule has 20 heavy (non-hydrogen) atoms. The summed E-state index contributed by atoms with van der Waals surface area (Å²) in [5, 5.41) is 4.73. The number of halogens is 1. The van der Waals surface area contributed by atoms with Crippen molar-refractivity contribution in [2.45, 2.75) is 38.8 Å². The lowest BCUT2D eigenvalue weighted by Crippen LogP contribution is -2.33. The van der Waals surface area contributed by atoms with Gasteiger partial charge in [-0.25, -0.2) is 0 Å². The third kappa shape index (κ3) is 2.86. The molecule has 3 rings (SSSR count). The number of benzene rings is 1. The van der Waals surface area contributed by atoms with Crippen LogP contribution in [-0.4, -0.2) is 21.6 Å². The lowest BCUT2D eigenvalue weighted by atomic mass is 10.0. The minimum atomic E-state index is 0.209. The summed E-state index contributed by atoms with van der Waals surface area (Å²) in [6.45, 7) is 3.72. The van der Waals surface area contributed by atoms with Gasteiger partial charge in [0.25, 0.3) is 0 Å². The smallest absolute Gasteiger partial charge is 0.243 e. The molecule has 0 radical (unpaired) electrons. The van der Waals surface area contributed by atoms with E-state index >= 15 is 0 Å². The Morgan fingerprint density at radius 3 is 2.95 bits per heavy atom. The van der Waals surface area contributed by atoms with Gasteiger partial charge in [-0.05, 0) is 37.9 Å². The molecular weight excluding hydrogens is 274 g/mol. The molecule has 1 aromatic heterocycles. The third-order valence-electron chi connectivity index (χ3n) is 3.77. The molecule has 0 saturated carbocycles. The normalized spacial score (nSPS) is 20.2. The first kappa shape index (κ1) is 13.6. The van der Waals surface area contributed by atoms with E-state index in [1.54, 1.807) is 0 Å². The Kier molecular flexibility index (Phi) is 4.03. The van der Waals surface area contributed by atoms with Gasteiger partial charge >= 0.3 is 0 Å². The molecule has 4 nitrogen and oxygen atoms in total. The largest absolute Gasteiger partial charge is 0.338 e. The zero-order valence-electron chi connectivity index (χ0n) is 11.6. The second-order valence-corrected chi connectivity index (χ2v) is 5.66. The average molecular weight is 292 g/mol. The second-order valence-electron chi connectivity index (χ2n) is 5.25. The van der Waals surface area contributed by atoms with Gasteiger partial charge in [-0.15, -0.1) is 0 Å². The van der Waals surface area contributed by atoms with E-state index in [1.807, 2.05) is 25.1 Å². The lowest BCUT2D eigenvalue weighted by Gasteiger charge is -2.33. The summed E-state index contributed by atoms with van der Waals surface area (Å²) in [7, 11) is 0. The topological polar surface area (TPSA) is 42.2 Å². The monoisotopic (exact) mass is 291 g/mol. The molecule has 2 heterocycles. The van der Waals surface area contributed by atoms with Gasteiger partial charge in [0.2, 0.25) is 5.89 Å². The van der Waals surface area contributed by atoms with Crippen molar-refractivity contribution in [1.29, 1.82) is 0 Å². The van der Waals surface area contributed by atoms with Crippen molar-refractivity contribution < 1.29 is 4.52 Å². The number of hydrogen-bond acceptors (Lipinski definition) is 4. The Morgan fingerprint density at radius 1 is 1.35 bits per heavy atom. The maximum atomic E-state index is 6.26. The molecule has 2 aromatic rings. The predicted molar refractivity (Wildman–Crippen MR) is 77.5 cm³/mol. The quantitative estimate of drug-likeness (QED) is 0.863. The molecule has 0 N–H and O–H groups in total. The maximum Gasteiger partial charge on any atom is 0.243 e. The lowest BCUT2D eigenvalue weighted by molar-refractivity contribution is 0.111. The summed E-state index contributed by atoms with van der Waals surface area (Å²) >= 11 is 6.26. The van der Waals surface area contributed by atoms with Crippen LogP contribution in [0.15, 0.2) is 28.8 Å². The number of hydrogen-bond donors (Lipinski definition) is 0. The molecule has 0 spiro atoms. The number of piperidine rings is 1. The highest BCUT2D eigenvalue weighted by atomic mass is 35.5. The van der Waals surface area contributed by atoms with Gasteiger partial charge in [-0.3, -0.25) is 4.90 Å². The molecule has 1 aromatic carbocycles. The zero-order valence-corrected chi connectivity index (χ0v) is 12.3. The number of nitrogens with zero attached hydrogens (tertiary/aromatic N) is 3. The van der Waals surface area contributed by atoms with Gasteiger partial charge in [-0.1, -0.05) is 41.4 Å². The number of aryl methyl sites for hydroxylation is 1. The number of aromatic nitrogens is 2. The van der Waals surface area contributed by atoms with Crippen LogP contribution in [0, 0.1) is 6.92 Å². The van der Waals surface area contributed by atoms with Crippen LogP contribution in [0.5, 0.6) is 0 Å². The van der Waals surface area contributed by atoms with E-state index in [9.17, 15) is 0 Å². The van der Waals surface area contributed by atoms with Crippen LogP contribution in [0.4, 0.5) is 0 Å². The molecule has 1 fully saturated rings. The van der Waals surface area contributed by atoms with Gasteiger partial charge in [0.15, 0.2) is 5.82 Å². The maximum absolute atomic E-state index is 6.26. The highest BCUT2D eigenvalue weighted by Gasteiger charge is 2.28. The van der Waals surface area contributed by atoms with Gasteiger partial charge in [0.1, 0.15) is 0 Å². The molecule has 106 valence electrons. The standard InChI is InChI=1S/C15H18ClN3O/c1-11-17-15(20-18-11)14-8-4-5-9-19(14)10-12-6-2-3-7-13(12)16/h2-3,6-7,14H,4-5,8-10H2,1H3/t14-/m1/s1.